The molecule has 0 unspecified atom stereocenters. The maximum absolute atomic E-state index is 12.7. The number of amides is 3. The molecule has 2 N–H and O–H groups in total. The number of fused-ring (bicyclic) bond motifs is 1. The van der Waals surface area contributed by atoms with Crippen LogP contribution in [-0.2, 0) is 6.61 Å². The predicted octanol–water partition coefficient (Wildman–Crippen LogP) is 4.33. The number of rotatable bonds is 7. The summed E-state index contributed by atoms with van der Waals surface area (Å²) in [5.41, 5.74) is 3.46. The second kappa shape index (κ2) is 9.86. The first-order chi connectivity index (χ1) is 16.0. The Labute approximate surface area is 191 Å². The van der Waals surface area contributed by atoms with Gasteiger partial charge in [-0.05, 0) is 61.5 Å². The zero-order valence-electron chi connectivity index (χ0n) is 18.5. The molecule has 0 fully saturated rings. The van der Waals surface area contributed by atoms with Gasteiger partial charge in [0.15, 0.2) is 0 Å². The zero-order chi connectivity index (χ0) is 23.2. The van der Waals surface area contributed by atoms with Gasteiger partial charge in [-0.25, -0.2) is 9.78 Å². The van der Waals surface area contributed by atoms with Gasteiger partial charge in [0.1, 0.15) is 18.0 Å². The van der Waals surface area contributed by atoms with Gasteiger partial charge in [0.05, 0.1) is 5.69 Å². The highest BCUT2D eigenvalue weighted by atomic mass is 16.5. The quantitative estimate of drug-likeness (QED) is 0.445. The molecule has 0 aliphatic carbocycles. The second-order valence-electron chi connectivity index (χ2n) is 7.41. The molecule has 0 aliphatic heterocycles. The summed E-state index contributed by atoms with van der Waals surface area (Å²) in [6.07, 6.45) is 3.86. The Bertz CT molecular complexity index is 1230. The van der Waals surface area contributed by atoms with Crippen LogP contribution in [0.4, 0.5) is 16.2 Å². The fraction of sp³-hybridized carbons (Fsp3) is 0.160. The number of carbonyl (C=O) groups is 2. The molecule has 0 radical (unpaired) electrons. The van der Waals surface area contributed by atoms with E-state index in [2.05, 4.69) is 15.6 Å². The molecule has 4 aromatic rings. The van der Waals surface area contributed by atoms with Gasteiger partial charge in [0.25, 0.3) is 5.91 Å². The number of nitrogens with zero attached hydrogens (tertiary/aromatic N) is 3. The van der Waals surface area contributed by atoms with Gasteiger partial charge in [0, 0.05) is 42.9 Å². The van der Waals surface area contributed by atoms with E-state index in [4.69, 9.17) is 4.74 Å². The molecule has 0 atom stereocenters. The number of hydrogen-bond donors (Lipinski definition) is 2. The minimum atomic E-state index is -0.250. The molecule has 0 saturated heterocycles. The number of imidazole rings is 1. The van der Waals surface area contributed by atoms with E-state index in [9.17, 15) is 9.59 Å². The number of hydrogen-bond acceptors (Lipinski definition) is 4. The fourth-order valence-electron chi connectivity index (χ4n) is 3.30. The number of urea groups is 1. The van der Waals surface area contributed by atoms with E-state index in [1.165, 1.54) is 4.90 Å². The first-order valence-corrected chi connectivity index (χ1v) is 10.6. The van der Waals surface area contributed by atoms with E-state index in [0.717, 1.165) is 11.3 Å². The Morgan fingerprint density at radius 2 is 1.88 bits per heavy atom. The molecule has 8 heteroatoms. The predicted molar refractivity (Wildman–Crippen MR) is 128 cm³/mol. The van der Waals surface area contributed by atoms with Crippen LogP contribution in [0, 0.1) is 0 Å². The van der Waals surface area contributed by atoms with Gasteiger partial charge < -0.3 is 19.8 Å². The molecule has 168 valence electrons. The molecular formula is C25H25N5O3. The van der Waals surface area contributed by atoms with Crippen LogP contribution in [0.2, 0.25) is 0 Å². The lowest BCUT2D eigenvalue weighted by Crippen LogP contribution is -2.37. The van der Waals surface area contributed by atoms with E-state index < -0.39 is 0 Å². The molecule has 4 rings (SSSR count). The van der Waals surface area contributed by atoms with E-state index >= 15 is 0 Å². The average Bonchev–Trinajstić information content (AvgIpc) is 3.26. The summed E-state index contributed by atoms with van der Waals surface area (Å²) >= 11 is 0. The number of nitrogens with one attached hydrogen (secondary N) is 2. The van der Waals surface area contributed by atoms with Crippen LogP contribution in [0.25, 0.3) is 5.65 Å². The number of benzene rings is 2. The normalized spacial score (nSPS) is 10.6. The van der Waals surface area contributed by atoms with Crippen LogP contribution in [-0.4, -0.2) is 34.9 Å². The molecule has 2 aromatic carbocycles. The van der Waals surface area contributed by atoms with Gasteiger partial charge >= 0.3 is 6.03 Å². The molecule has 8 nitrogen and oxygen atoms in total. The van der Waals surface area contributed by atoms with Crippen molar-refractivity contribution in [2.75, 3.05) is 23.8 Å². The Kier molecular flexibility index (Phi) is 6.54. The summed E-state index contributed by atoms with van der Waals surface area (Å²) in [6.45, 7) is 2.73. The van der Waals surface area contributed by atoms with Crippen molar-refractivity contribution in [1.29, 1.82) is 0 Å². The van der Waals surface area contributed by atoms with Crippen molar-refractivity contribution < 1.29 is 14.3 Å². The van der Waals surface area contributed by atoms with Crippen LogP contribution in [0.5, 0.6) is 5.75 Å². The van der Waals surface area contributed by atoms with E-state index in [-0.39, 0.29) is 11.9 Å². The monoisotopic (exact) mass is 443 g/mol. The third-order valence-electron chi connectivity index (χ3n) is 5.04. The summed E-state index contributed by atoms with van der Waals surface area (Å²) < 4.78 is 7.75. The van der Waals surface area contributed by atoms with Crippen LogP contribution in [0.1, 0.15) is 23.0 Å². The molecule has 0 saturated carbocycles. The van der Waals surface area contributed by atoms with Gasteiger partial charge in [-0.2, -0.15) is 0 Å². The molecule has 2 heterocycles. The lowest BCUT2D eigenvalue weighted by molar-refractivity contribution is 0.102. The van der Waals surface area contributed by atoms with Crippen LogP contribution in [0.3, 0.4) is 0 Å². The Balaban J connectivity index is 1.36. The Morgan fingerprint density at radius 3 is 2.64 bits per heavy atom. The van der Waals surface area contributed by atoms with Gasteiger partial charge in [-0.15, -0.1) is 0 Å². The van der Waals surface area contributed by atoms with Crippen molar-refractivity contribution in [1.82, 2.24) is 14.7 Å². The summed E-state index contributed by atoms with van der Waals surface area (Å²) in [4.78, 5) is 30.7. The highest BCUT2D eigenvalue weighted by molar-refractivity contribution is 6.04. The third-order valence-corrected chi connectivity index (χ3v) is 5.04. The Hall–Kier alpha value is -4.33. The van der Waals surface area contributed by atoms with Crippen LogP contribution in [0.15, 0.2) is 79.1 Å². The minimum absolute atomic E-state index is 0.208. The highest BCUT2D eigenvalue weighted by Crippen LogP contribution is 2.20. The summed E-state index contributed by atoms with van der Waals surface area (Å²) in [5, 5.41) is 5.61. The SMILES string of the molecule is CCNC(=O)N(C)c1cccc(NC(=O)c2ccc(OCc3cn4ccccc4n3)cc2)c1. The Morgan fingerprint density at radius 1 is 1.06 bits per heavy atom. The second-order valence-corrected chi connectivity index (χ2v) is 7.41. The highest BCUT2D eigenvalue weighted by Gasteiger charge is 2.12. The molecule has 2 aromatic heterocycles. The largest absolute Gasteiger partial charge is 0.487 e. The molecule has 0 spiro atoms. The maximum Gasteiger partial charge on any atom is 0.321 e. The van der Waals surface area contributed by atoms with Gasteiger partial charge in [-0.3, -0.25) is 9.69 Å². The number of carbonyl (C=O) groups excluding carboxylic acids is 2. The molecule has 33 heavy (non-hydrogen) atoms. The van der Waals surface area contributed by atoms with Gasteiger partial charge in [0.2, 0.25) is 0 Å². The van der Waals surface area contributed by atoms with Crippen molar-refractivity contribution >= 4 is 29.0 Å². The fourth-order valence-corrected chi connectivity index (χ4v) is 3.30. The summed E-state index contributed by atoms with van der Waals surface area (Å²) in [5.74, 6) is 0.397. The van der Waals surface area contributed by atoms with Crippen molar-refractivity contribution in [2.24, 2.45) is 0 Å². The van der Waals surface area contributed by atoms with Crippen molar-refractivity contribution in [3.8, 4) is 5.75 Å². The van der Waals surface area contributed by atoms with Gasteiger partial charge in [-0.1, -0.05) is 12.1 Å². The number of ether oxygens (including phenoxy) is 1. The molecular weight excluding hydrogens is 418 g/mol. The average molecular weight is 444 g/mol. The van der Waals surface area contributed by atoms with Crippen molar-refractivity contribution in [3.63, 3.8) is 0 Å². The summed E-state index contributed by atoms with van der Waals surface area (Å²) in [6, 6.07) is 19.7. The maximum atomic E-state index is 12.7. The third kappa shape index (κ3) is 5.30. The first-order valence-electron chi connectivity index (χ1n) is 10.6. The first kappa shape index (κ1) is 21.9. The minimum Gasteiger partial charge on any atom is -0.487 e. The van der Waals surface area contributed by atoms with Crippen molar-refractivity contribution in [3.05, 3.63) is 90.4 Å². The topological polar surface area (TPSA) is 88.0 Å². The van der Waals surface area contributed by atoms with E-state index in [0.29, 0.717) is 35.8 Å². The number of pyridine rings is 1. The van der Waals surface area contributed by atoms with E-state index in [1.807, 2.05) is 41.9 Å². The number of aromatic nitrogens is 2. The molecule has 0 aliphatic rings. The standard InChI is InChI=1S/C25H25N5O3/c1-3-26-25(32)29(2)21-8-6-7-19(15-21)28-24(31)18-10-12-22(13-11-18)33-17-20-16-30-14-5-4-9-23(30)27-20/h4-16H,3,17H2,1-2H3,(H,26,32)(H,28,31). The lowest BCUT2D eigenvalue weighted by atomic mass is 10.2. The zero-order valence-corrected chi connectivity index (χ0v) is 18.5. The molecule has 3 amide bonds. The smallest absolute Gasteiger partial charge is 0.321 e. The van der Waals surface area contributed by atoms with Crippen LogP contribution < -0.4 is 20.3 Å². The summed E-state index contributed by atoms with van der Waals surface area (Å²) in [7, 11) is 1.68. The van der Waals surface area contributed by atoms with Crippen molar-refractivity contribution in [2.45, 2.75) is 13.5 Å². The molecule has 0 bridgehead atoms. The van der Waals surface area contributed by atoms with Crippen LogP contribution >= 0.6 is 0 Å². The lowest BCUT2D eigenvalue weighted by Gasteiger charge is -2.18. The van der Waals surface area contributed by atoms with E-state index in [1.54, 1.807) is 55.6 Å². The number of anilines is 2.